The third-order valence-corrected chi connectivity index (χ3v) is 4.29. The molecular weight excluding hydrogens is 361 g/mol. The van der Waals surface area contributed by atoms with Gasteiger partial charge in [-0.15, -0.1) is 0 Å². The van der Waals surface area contributed by atoms with Gasteiger partial charge in [0.15, 0.2) is 0 Å². The number of halogens is 2. The maximum absolute atomic E-state index is 12.2. The van der Waals surface area contributed by atoms with Crippen LogP contribution in [-0.2, 0) is 4.79 Å². The molecule has 0 heterocycles. The van der Waals surface area contributed by atoms with E-state index in [2.05, 4.69) is 16.0 Å². The number of nitrogens with one attached hydrogen (secondary N) is 3. The summed E-state index contributed by atoms with van der Waals surface area (Å²) in [7, 11) is 0. The van der Waals surface area contributed by atoms with Crippen LogP contribution in [-0.4, -0.2) is 24.4 Å². The van der Waals surface area contributed by atoms with Crippen molar-refractivity contribution in [2.45, 2.75) is 18.9 Å². The SMILES string of the molecule is O=C(CNc1cc(Cl)ccc1Cl)Nc1ccccc1C(=O)NC1CC1. The fourth-order valence-electron chi connectivity index (χ4n) is 2.28. The van der Waals surface area contributed by atoms with E-state index in [1.54, 1.807) is 42.5 Å². The van der Waals surface area contributed by atoms with Gasteiger partial charge in [0.05, 0.1) is 28.5 Å². The Balaban J connectivity index is 1.62. The molecular formula is C18H17Cl2N3O2. The molecule has 0 aromatic heterocycles. The van der Waals surface area contributed by atoms with Crippen LogP contribution in [0.25, 0.3) is 0 Å². The molecule has 0 radical (unpaired) electrons. The largest absolute Gasteiger partial charge is 0.375 e. The normalized spacial score (nSPS) is 13.2. The lowest BCUT2D eigenvalue weighted by atomic mass is 10.1. The highest BCUT2D eigenvalue weighted by Gasteiger charge is 2.25. The van der Waals surface area contributed by atoms with Crippen LogP contribution in [0, 0.1) is 0 Å². The van der Waals surface area contributed by atoms with E-state index in [-0.39, 0.29) is 24.4 Å². The molecule has 1 saturated carbocycles. The zero-order valence-corrected chi connectivity index (χ0v) is 14.8. The van der Waals surface area contributed by atoms with E-state index in [1.807, 2.05) is 0 Å². The first-order chi connectivity index (χ1) is 12.0. The van der Waals surface area contributed by atoms with Crippen molar-refractivity contribution < 1.29 is 9.59 Å². The number of amides is 2. The molecule has 130 valence electrons. The number of carbonyl (C=O) groups excluding carboxylic acids is 2. The monoisotopic (exact) mass is 377 g/mol. The lowest BCUT2D eigenvalue weighted by Crippen LogP contribution is -2.28. The third-order valence-electron chi connectivity index (χ3n) is 3.73. The predicted octanol–water partition coefficient (Wildman–Crippen LogP) is 3.94. The quantitative estimate of drug-likeness (QED) is 0.713. The molecule has 5 nitrogen and oxygen atoms in total. The minimum atomic E-state index is -0.289. The summed E-state index contributed by atoms with van der Waals surface area (Å²) in [5.41, 5.74) is 1.50. The summed E-state index contributed by atoms with van der Waals surface area (Å²) in [5, 5.41) is 9.60. The fourth-order valence-corrected chi connectivity index (χ4v) is 2.64. The first kappa shape index (κ1) is 17.6. The van der Waals surface area contributed by atoms with Crippen molar-refractivity contribution in [2.75, 3.05) is 17.2 Å². The Morgan fingerprint density at radius 2 is 1.80 bits per heavy atom. The van der Waals surface area contributed by atoms with Gasteiger partial charge in [0.2, 0.25) is 5.91 Å². The molecule has 1 aliphatic rings. The van der Waals surface area contributed by atoms with Crippen molar-refractivity contribution in [3.8, 4) is 0 Å². The van der Waals surface area contributed by atoms with Crippen LogP contribution in [0.1, 0.15) is 23.2 Å². The van der Waals surface area contributed by atoms with Crippen LogP contribution in [0.3, 0.4) is 0 Å². The molecule has 2 aromatic carbocycles. The number of carbonyl (C=O) groups is 2. The van der Waals surface area contributed by atoms with Gasteiger partial charge in [-0.3, -0.25) is 9.59 Å². The minimum Gasteiger partial charge on any atom is -0.375 e. The fraction of sp³-hybridized carbons (Fsp3) is 0.222. The number of rotatable bonds is 6. The molecule has 2 amide bonds. The highest BCUT2D eigenvalue weighted by molar-refractivity contribution is 6.35. The second kappa shape index (κ2) is 7.76. The van der Waals surface area contributed by atoms with Gasteiger partial charge in [0, 0.05) is 11.1 Å². The van der Waals surface area contributed by atoms with Crippen molar-refractivity contribution in [3.05, 3.63) is 58.1 Å². The lowest BCUT2D eigenvalue weighted by Gasteiger charge is -2.12. The average Bonchev–Trinajstić information content (AvgIpc) is 3.40. The van der Waals surface area contributed by atoms with E-state index >= 15 is 0 Å². The van der Waals surface area contributed by atoms with Gasteiger partial charge in [-0.25, -0.2) is 0 Å². The van der Waals surface area contributed by atoms with E-state index in [4.69, 9.17) is 23.2 Å². The molecule has 1 fully saturated rings. The molecule has 2 aromatic rings. The lowest BCUT2D eigenvalue weighted by molar-refractivity contribution is -0.114. The molecule has 25 heavy (non-hydrogen) atoms. The van der Waals surface area contributed by atoms with Gasteiger partial charge in [0.1, 0.15) is 0 Å². The van der Waals surface area contributed by atoms with Crippen LogP contribution >= 0.6 is 23.2 Å². The van der Waals surface area contributed by atoms with Crippen LogP contribution in [0.15, 0.2) is 42.5 Å². The second-order valence-electron chi connectivity index (χ2n) is 5.82. The summed E-state index contributed by atoms with van der Waals surface area (Å²) >= 11 is 12.0. The van der Waals surface area contributed by atoms with Gasteiger partial charge in [-0.1, -0.05) is 35.3 Å². The molecule has 1 aliphatic carbocycles. The van der Waals surface area contributed by atoms with Crippen molar-refractivity contribution in [2.24, 2.45) is 0 Å². The second-order valence-corrected chi connectivity index (χ2v) is 6.66. The third kappa shape index (κ3) is 4.87. The average molecular weight is 378 g/mol. The Morgan fingerprint density at radius 1 is 1.04 bits per heavy atom. The van der Waals surface area contributed by atoms with Crippen molar-refractivity contribution in [1.82, 2.24) is 5.32 Å². The van der Waals surface area contributed by atoms with Crippen molar-refractivity contribution in [3.63, 3.8) is 0 Å². The van der Waals surface area contributed by atoms with E-state index in [9.17, 15) is 9.59 Å². The van der Waals surface area contributed by atoms with Crippen molar-refractivity contribution >= 4 is 46.4 Å². The number of benzene rings is 2. The number of hydrogen-bond donors (Lipinski definition) is 3. The molecule has 7 heteroatoms. The van der Waals surface area contributed by atoms with E-state index in [0.29, 0.717) is 27.0 Å². The van der Waals surface area contributed by atoms with Crippen LogP contribution < -0.4 is 16.0 Å². The molecule has 0 spiro atoms. The summed E-state index contributed by atoms with van der Waals surface area (Å²) in [6.07, 6.45) is 2.01. The molecule has 0 unspecified atom stereocenters. The molecule has 3 rings (SSSR count). The first-order valence-corrected chi connectivity index (χ1v) is 8.67. The van der Waals surface area contributed by atoms with Gasteiger partial charge < -0.3 is 16.0 Å². The highest BCUT2D eigenvalue weighted by Crippen LogP contribution is 2.25. The Hall–Kier alpha value is -2.24. The minimum absolute atomic E-state index is 0.00135. The molecule has 0 atom stereocenters. The van der Waals surface area contributed by atoms with E-state index < -0.39 is 0 Å². The number of anilines is 2. The Labute approximate surface area is 155 Å². The van der Waals surface area contributed by atoms with Gasteiger partial charge in [-0.05, 0) is 43.2 Å². The number of para-hydroxylation sites is 1. The Morgan fingerprint density at radius 3 is 2.56 bits per heavy atom. The summed E-state index contributed by atoms with van der Waals surface area (Å²) in [4.78, 5) is 24.5. The standard InChI is InChI=1S/C18H17Cl2N3O2/c19-11-5-8-14(20)16(9-11)21-10-17(24)23-15-4-2-1-3-13(15)18(25)22-12-6-7-12/h1-5,8-9,12,21H,6-7,10H2,(H,22,25)(H,23,24). The number of hydrogen-bond acceptors (Lipinski definition) is 3. The van der Waals surface area contributed by atoms with Crippen LogP contribution in [0.5, 0.6) is 0 Å². The molecule has 0 saturated heterocycles. The first-order valence-electron chi connectivity index (χ1n) is 7.91. The maximum atomic E-state index is 12.2. The van der Waals surface area contributed by atoms with Gasteiger partial charge in [0.25, 0.3) is 5.91 Å². The summed E-state index contributed by atoms with van der Waals surface area (Å²) in [6, 6.07) is 12.1. The van der Waals surface area contributed by atoms with Crippen molar-refractivity contribution in [1.29, 1.82) is 0 Å². The highest BCUT2D eigenvalue weighted by atomic mass is 35.5. The molecule has 0 aliphatic heterocycles. The predicted molar refractivity (Wildman–Crippen MR) is 101 cm³/mol. The summed E-state index contributed by atoms with van der Waals surface area (Å²) in [5.74, 6) is -0.466. The topological polar surface area (TPSA) is 70.2 Å². The summed E-state index contributed by atoms with van der Waals surface area (Å²) < 4.78 is 0. The van der Waals surface area contributed by atoms with Gasteiger partial charge >= 0.3 is 0 Å². The van der Waals surface area contributed by atoms with Crippen LogP contribution in [0.4, 0.5) is 11.4 Å². The van der Waals surface area contributed by atoms with E-state index in [0.717, 1.165) is 12.8 Å². The Bertz CT molecular complexity index is 807. The summed E-state index contributed by atoms with van der Waals surface area (Å²) in [6.45, 7) is -0.00135. The molecule has 3 N–H and O–H groups in total. The zero-order valence-electron chi connectivity index (χ0n) is 13.3. The Kier molecular flexibility index (Phi) is 5.46. The smallest absolute Gasteiger partial charge is 0.253 e. The maximum Gasteiger partial charge on any atom is 0.253 e. The van der Waals surface area contributed by atoms with Crippen LogP contribution in [0.2, 0.25) is 10.0 Å². The van der Waals surface area contributed by atoms with Gasteiger partial charge in [-0.2, -0.15) is 0 Å². The molecule has 0 bridgehead atoms. The van der Waals surface area contributed by atoms with E-state index in [1.165, 1.54) is 0 Å². The zero-order chi connectivity index (χ0) is 17.8.